The van der Waals surface area contributed by atoms with E-state index in [1.54, 1.807) is 4.90 Å². The molecular weight excluding hydrogens is 304 g/mol. The molecule has 1 saturated carbocycles. The number of hydrogen-bond donors (Lipinski definition) is 0. The largest absolute Gasteiger partial charge is 0.291 e. The quantitative estimate of drug-likeness (QED) is 0.867. The van der Waals surface area contributed by atoms with Gasteiger partial charge in [-0.25, -0.2) is 4.98 Å². The molecule has 0 saturated heterocycles. The minimum absolute atomic E-state index is 0.167. The van der Waals surface area contributed by atoms with Crippen LogP contribution in [0.4, 0.5) is 5.13 Å². The Morgan fingerprint density at radius 3 is 2.71 bits per heavy atom. The molecule has 3 rings (SSSR count). The number of aromatic nitrogens is 3. The van der Waals surface area contributed by atoms with Crippen molar-refractivity contribution < 1.29 is 4.79 Å². The van der Waals surface area contributed by atoms with Crippen LogP contribution in [0.25, 0.3) is 10.7 Å². The lowest BCUT2D eigenvalue weighted by Crippen LogP contribution is -2.33. The molecular formula is C14H18N4OS2. The standard InChI is InChI=1S/C14H18N4OS2/c1-9-16-17-12(21-9)11-8-20-14(15-11)18(2)13(19)10-6-4-3-5-7-10/h8,10H,3-7H2,1-2H3. The summed E-state index contributed by atoms with van der Waals surface area (Å²) in [5.41, 5.74) is 0.809. The smallest absolute Gasteiger partial charge is 0.231 e. The van der Waals surface area contributed by atoms with Crippen molar-refractivity contribution in [1.29, 1.82) is 0 Å². The molecule has 0 unspecified atom stereocenters. The van der Waals surface area contributed by atoms with Crippen LogP contribution in [-0.2, 0) is 4.79 Å². The van der Waals surface area contributed by atoms with E-state index in [1.165, 1.54) is 29.1 Å². The average Bonchev–Trinajstić information content (AvgIpc) is 3.15. The summed E-state index contributed by atoms with van der Waals surface area (Å²) < 4.78 is 0. The summed E-state index contributed by atoms with van der Waals surface area (Å²) in [6.45, 7) is 1.92. The molecule has 0 bridgehead atoms. The van der Waals surface area contributed by atoms with Gasteiger partial charge in [-0.1, -0.05) is 30.6 Å². The zero-order chi connectivity index (χ0) is 14.8. The first-order valence-corrected chi connectivity index (χ1v) is 8.88. The van der Waals surface area contributed by atoms with E-state index < -0.39 is 0 Å². The van der Waals surface area contributed by atoms with Gasteiger partial charge in [-0.15, -0.1) is 21.5 Å². The summed E-state index contributed by atoms with van der Waals surface area (Å²) in [5.74, 6) is 0.365. The number of hydrogen-bond acceptors (Lipinski definition) is 6. The van der Waals surface area contributed by atoms with E-state index in [9.17, 15) is 4.79 Å². The van der Waals surface area contributed by atoms with Crippen molar-refractivity contribution in [3.05, 3.63) is 10.4 Å². The molecule has 0 spiro atoms. The fraction of sp³-hybridized carbons (Fsp3) is 0.571. The number of anilines is 1. The first-order chi connectivity index (χ1) is 10.1. The zero-order valence-electron chi connectivity index (χ0n) is 12.2. The molecule has 5 nitrogen and oxygen atoms in total. The zero-order valence-corrected chi connectivity index (χ0v) is 13.8. The summed E-state index contributed by atoms with van der Waals surface area (Å²) in [7, 11) is 1.82. The molecule has 0 atom stereocenters. The summed E-state index contributed by atoms with van der Waals surface area (Å²) in [6.07, 6.45) is 5.61. The fourth-order valence-corrected chi connectivity index (χ4v) is 4.14. The Morgan fingerprint density at radius 2 is 2.05 bits per heavy atom. The SMILES string of the molecule is Cc1nnc(-c2csc(N(C)C(=O)C3CCCCC3)n2)s1. The fourth-order valence-electron chi connectivity index (χ4n) is 2.63. The van der Waals surface area contributed by atoms with E-state index in [-0.39, 0.29) is 11.8 Å². The molecule has 1 amide bonds. The topological polar surface area (TPSA) is 59.0 Å². The summed E-state index contributed by atoms with van der Waals surface area (Å²) in [4.78, 5) is 18.8. The van der Waals surface area contributed by atoms with Crippen LogP contribution in [0.2, 0.25) is 0 Å². The van der Waals surface area contributed by atoms with Crippen molar-refractivity contribution >= 4 is 33.7 Å². The van der Waals surface area contributed by atoms with Crippen LogP contribution in [0.1, 0.15) is 37.1 Å². The van der Waals surface area contributed by atoms with Crippen LogP contribution >= 0.6 is 22.7 Å². The van der Waals surface area contributed by atoms with Crippen molar-refractivity contribution in [1.82, 2.24) is 15.2 Å². The van der Waals surface area contributed by atoms with Gasteiger partial charge < -0.3 is 0 Å². The highest BCUT2D eigenvalue weighted by Gasteiger charge is 2.26. The lowest BCUT2D eigenvalue weighted by molar-refractivity contribution is -0.123. The monoisotopic (exact) mass is 322 g/mol. The van der Waals surface area contributed by atoms with Gasteiger partial charge in [0, 0.05) is 18.3 Å². The van der Waals surface area contributed by atoms with E-state index in [4.69, 9.17) is 0 Å². The third kappa shape index (κ3) is 3.13. The van der Waals surface area contributed by atoms with Crippen molar-refractivity contribution in [2.75, 3.05) is 11.9 Å². The number of carbonyl (C=O) groups excluding carboxylic acids is 1. The number of thiazole rings is 1. The van der Waals surface area contributed by atoms with E-state index in [0.717, 1.165) is 46.5 Å². The van der Waals surface area contributed by atoms with Gasteiger partial charge in [-0.3, -0.25) is 9.69 Å². The molecule has 7 heteroatoms. The Morgan fingerprint density at radius 1 is 1.29 bits per heavy atom. The van der Waals surface area contributed by atoms with Crippen LogP contribution in [0, 0.1) is 12.8 Å². The number of aryl methyl sites for hydroxylation is 1. The lowest BCUT2D eigenvalue weighted by Gasteiger charge is -2.24. The number of rotatable bonds is 3. The van der Waals surface area contributed by atoms with Crippen LogP contribution in [0.15, 0.2) is 5.38 Å². The van der Waals surface area contributed by atoms with Gasteiger partial charge in [0.2, 0.25) is 5.91 Å². The maximum atomic E-state index is 12.5. The molecule has 1 aliphatic carbocycles. The van der Waals surface area contributed by atoms with Crippen LogP contribution in [0.3, 0.4) is 0 Å². The highest BCUT2D eigenvalue weighted by molar-refractivity contribution is 7.16. The van der Waals surface area contributed by atoms with Crippen molar-refractivity contribution in [2.24, 2.45) is 5.92 Å². The molecule has 2 aromatic heterocycles. The second-order valence-corrected chi connectivity index (χ2v) is 7.39. The molecule has 0 radical (unpaired) electrons. The highest BCUT2D eigenvalue weighted by Crippen LogP contribution is 2.31. The molecule has 1 fully saturated rings. The van der Waals surface area contributed by atoms with Crippen LogP contribution in [0.5, 0.6) is 0 Å². The van der Waals surface area contributed by atoms with Crippen molar-refractivity contribution in [2.45, 2.75) is 39.0 Å². The van der Waals surface area contributed by atoms with Crippen molar-refractivity contribution in [3.8, 4) is 10.7 Å². The molecule has 2 aromatic rings. The minimum Gasteiger partial charge on any atom is -0.291 e. The Labute approximate surface area is 132 Å². The van der Waals surface area contributed by atoms with E-state index in [1.807, 2.05) is 19.4 Å². The molecule has 1 aliphatic rings. The van der Waals surface area contributed by atoms with Gasteiger partial charge in [0.25, 0.3) is 0 Å². The first kappa shape index (κ1) is 14.6. The number of carbonyl (C=O) groups is 1. The van der Waals surface area contributed by atoms with E-state index >= 15 is 0 Å². The molecule has 0 N–H and O–H groups in total. The number of nitrogens with zero attached hydrogens (tertiary/aromatic N) is 4. The van der Waals surface area contributed by atoms with Crippen molar-refractivity contribution in [3.63, 3.8) is 0 Å². The maximum Gasteiger partial charge on any atom is 0.231 e. The number of amides is 1. The highest BCUT2D eigenvalue weighted by atomic mass is 32.1. The Kier molecular flexibility index (Phi) is 4.30. The third-order valence-corrected chi connectivity index (χ3v) is 5.59. The normalized spacial score (nSPS) is 16.1. The summed E-state index contributed by atoms with van der Waals surface area (Å²) in [5, 5.41) is 12.5. The molecule has 0 aliphatic heterocycles. The van der Waals surface area contributed by atoms with Gasteiger partial charge in [-0.05, 0) is 19.8 Å². The predicted molar refractivity (Wildman–Crippen MR) is 85.7 cm³/mol. The van der Waals surface area contributed by atoms with Crippen LogP contribution in [-0.4, -0.2) is 28.1 Å². The third-order valence-electron chi connectivity index (χ3n) is 3.81. The van der Waals surface area contributed by atoms with E-state index in [2.05, 4.69) is 15.2 Å². The van der Waals surface area contributed by atoms with Crippen LogP contribution < -0.4 is 4.90 Å². The van der Waals surface area contributed by atoms with Gasteiger partial charge in [0.1, 0.15) is 10.7 Å². The Balaban J connectivity index is 1.74. The maximum absolute atomic E-state index is 12.5. The van der Waals surface area contributed by atoms with Gasteiger partial charge >= 0.3 is 0 Å². The molecule has 2 heterocycles. The first-order valence-electron chi connectivity index (χ1n) is 7.18. The van der Waals surface area contributed by atoms with E-state index in [0.29, 0.717) is 0 Å². The predicted octanol–water partition coefficient (Wildman–Crippen LogP) is 3.51. The minimum atomic E-state index is 0.167. The Hall–Kier alpha value is -1.34. The summed E-state index contributed by atoms with van der Waals surface area (Å²) >= 11 is 3.01. The second kappa shape index (κ2) is 6.19. The summed E-state index contributed by atoms with van der Waals surface area (Å²) in [6, 6.07) is 0. The van der Waals surface area contributed by atoms with Gasteiger partial charge in [0.15, 0.2) is 10.1 Å². The molecule has 21 heavy (non-hydrogen) atoms. The van der Waals surface area contributed by atoms with Gasteiger partial charge in [0.05, 0.1) is 0 Å². The molecule has 0 aromatic carbocycles. The average molecular weight is 322 g/mol. The van der Waals surface area contributed by atoms with Gasteiger partial charge in [-0.2, -0.15) is 0 Å². The Bertz CT molecular complexity index is 630. The molecule has 112 valence electrons. The lowest BCUT2D eigenvalue weighted by atomic mass is 9.88. The second-order valence-electron chi connectivity index (χ2n) is 5.37.